The lowest BCUT2D eigenvalue weighted by Crippen LogP contribution is -2.60. The van der Waals surface area contributed by atoms with Crippen LogP contribution in [0.4, 0.5) is 0 Å². The molecule has 0 amide bonds. The van der Waals surface area contributed by atoms with Crippen molar-refractivity contribution in [1.82, 2.24) is 9.80 Å². The minimum atomic E-state index is 0.244. The Morgan fingerprint density at radius 3 is 2.16 bits per heavy atom. The molecular weight excluding hydrogens is 234 g/mol. The summed E-state index contributed by atoms with van der Waals surface area (Å²) in [6.45, 7) is 16.1. The van der Waals surface area contributed by atoms with Gasteiger partial charge in [-0.3, -0.25) is 4.90 Å². The monoisotopic (exact) mass is 269 g/mol. The van der Waals surface area contributed by atoms with Gasteiger partial charge < -0.3 is 10.6 Å². The highest BCUT2D eigenvalue weighted by Crippen LogP contribution is 2.29. The summed E-state index contributed by atoms with van der Waals surface area (Å²) in [6.07, 6.45) is 4.96. The van der Waals surface area contributed by atoms with E-state index in [4.69, 9.17) is 5.73 Å². The number of rotatable bonds is 8. The summed E-state index contributed by atoms with van der Waals surface area (Å²) < 4.78 is 0. The second kappa shape index (κ2) is 8.23. The zero-order valence-electron chi connectivity index (χ0n) is 13.6. The van der Waals surface area contributed by atoms with Gasteiger partial charge in [0.05, 0.1) is 0 Å². The molecule has 1 aliphatic rings. The molecule has 0 bridgehead atoms. The van der Waals surface area contributed by atoms with Crippen LogP contribution in [0, 0.1) is 5.92 Å². The van der Waals surface area contributed by atoms with Crippen molar-refractivity contribution in [2.24, 2.45) is 11.7 Å². The highest BCUT2D eigenvalue weighted by Gasteiger charge is 2.36. The van der Waals surface area contributed by atoms with Crippen LogP contribution in [0.2, 0.25) is 0 Å². The number of hydrogen-bond donors (Lipinski definition) is 1. The van der Waals surface area contributed by atoms with Crippen molar-refractivity contribution >= 4 is 0 Å². The molecule has 3 heteroatoms. The van der Waals surface area contributed by atoms with E-state index < -0.39 is 0 Å². The van der Waals surface area contributed by atoms with Crippen molar-refractivity contribution in [2.45, 2.75) is 58.9 Å². The Hall–Kier alpha value is -0.120. The SMILES string of the molecule is CCCN1CCN(C(CC)(CN)CC(C)CC)CC1. The van der Waals surface area contributed by atoms with Crippen LogP contribution in [0.25, 0.3) is 0 Å². The number of hydrogen-bond acceptors (Lipinski definition) is 3. The lowest BCUT2D eigenvalue weighted by atomic mass is 9.82. The van der Waals surface area contributed by atoms with E-state index in [0.29, 0.717) is 0 Å². The van der Waals surface area contributed by atoms with E-state index in [1.165, 1.54) is 58.4 Å². The van der Waals surface area contributed by atoms with Gasteiger partial charge in [-0.05, 0) is 31.7 Å². The van der Waals surface area contributed by atoms with Crippen LogP contribution in [-0.4, -0.2) is 54.6 Å². The van der Waals surface area contributed by atoms with Crippen LogP contribution in [0.5, 0.6) is 0 Å². The molecule has 0 radical (unpaired) electrons. The topological polar surface area (TPSA) is 32.5 Å². The Bertz CT molecular complexity index is 230. The highest BCUT2D eigenvalue weighted by atomic mass is 15.3. The number of nitrogens with two attached hydrogens (primary N) is 1. The maximum atomic E-state index is 6.19. The fourth-order valence-electron chi connectivity index (χ4n) is 3.41. The van der Waals surface area contributed by atoms with Gasteiger partial charge in [0.15, 0.2) is 0 Å². The summed E-state index contributed by atoms with van der Waals surface area (Å²) in [4.78, 5) is 5.28. The fraction of sp³-hybridized carbons (Fsp3) is 1.00. The molecule has 114 valence electrons. The molecule has 2 N–H and O–H groups in total. The largest absolute Gasteiger partial charge is 0.329 e. The standard InChI is InChI=1S/C16H35N3/c1-5-8-18-9-11-19(12-10-18)16(7-3,14-17)13-15(4)6-2/h15H,5-14,17H2,1-4H3. The zero-order chi connectivity index (χ0) is 14.3. The fourth-order valence-corrected chi connectivity index (χ4v) is 3.41. The van der Waals surface area contributed by atoms with Crippen LogP contribution >= 0.6 is 0 Å². The lowest BCUT2D eigenvalue weighted by Gasteiger charge is -2.48. The van der Waals surface area contributed by atoms with Crippen LogP contribution in [-0.2, 0) is 0 Å². The van der Waals surface area contributed by atoms with Crippen LogP contribution < -0.4 is 5.73 Å². The molecule has 0 aromatic carbocycles. The van der Waals surface area contributed by atoms with Crippen molar-refractivity contribution in [3.63, 3.8) is 0 Å². The Morgan fingerprint density at radius 1 is 1.11 bits per heavy atom. The number of nitrogens with zero attached hydrogens (tertiary/aromatic N) is 2. The van der Waals surface area contributed by atoms with Crippen LogP contribution in [0.15, 0.2) is 0 Å². The molecule has 2 atom stereocenters. The molecule has 0 spiro atoms. The molecule has 3 nitrogen and oxygen atoms in total. The third-order valence-electron chi connectivity index (χ3n) is 5.05. The first kappa shape index (κ1) is 16.9. The first-order valence-corrected chi connectivity index (χ1v) is 8.29. The van der Waals surface area contributed by atoms with Crippen molar-refractivity contribution in [1.29, 1.82) is 0 Å². The third kappa shape index (κ3) is 4.44. The Balaban J connectivity index is 2.62. The van der Waals surface area contributed by atoms with Crippen molar-refractivity contribution in [3.8, 4) is 0 Å². The normalized spacial score (nSPS) is 23.2. The van der Waals surface area contributed by atoms with E-state index >= 15 is 0 Å². The maximum Gasteiger partial charge on any atom is 0.0332 e. The van der Waals surface area contributed by atoms with E-state index in [1.54, 1.807) is 0 Å². The third-order valence-corrected chi connectivity index (χ3v) is 5.05. The lowest BCUT2D eigenvalue weighted by molar-refractivity contribution is 0.0190. The van der Waals surface area contributed by atoms with E-state index in [0.717, 1.165) is 12.5 Å². The summed E-state index contributed by atoms with van der Waals surface area (Å²) in [5, 5.41) is 0. The Kier molecular flexibility index (Phi) is 7.33. The molecule has 0 saturated carbocycles. The first-order chi connectivity index (χ1) is 9.11. The summed E-state index contributed by atoms with van der Waals surface area (Å²) in [6, 6.07) is 0. The van der Waals surface area contributed by atoms with Gasteiger partial charge in [-0.15, -0.1) is 0 Å². The quantitative estimate of drug-likeness (QED) is 0.735. The predicted octanol–water partition coefficient (Wildman–Crippen LogP) is 2.56. The number of piperazine rings is 1. The minimum Gasteiger partial charge on any atom is -0.329 e. The Morgan fingerprint density at radius 2 is 1.74 bits per heavy atom. The average Bonchev–Trinajstić information content (AvgIpc) is 2.46. The summed E-state index contributed by atoms with van der Waals surface area (Å²) in [7, 11) is 0. The molecule has 1 heterocycles. The van der Waals surface area contributed by atoms with E-state index in [2.05, 4.69) is 37.5 Å². The van der Waals surface area contributed by atoms with Gasteiger partial charge in [0.25, 0.3) is 0 Å². The van der Waals surface area contributed by atoms with Gasteiger partial charge >= 0.3 is 0 Å². The predicted molar refractivity (Wildman–Crippen MR) is 84.5 cm³/mol. The van der Waals surface area contributed by atoms with Gasteiger partial charge in [0.1, 0.15) is 0 Å². The molecule has 1 rings (SSSR count). The van der Waals surface area contributed by atoms with E-state index in [1.807, 2.05) is 0 Å². The molecular formula is C16H35N3. The average molecular weight is 269 g/mol. The van der Waals surface area contributed by atoms with Gasteiger partial charge in [-0.1, -0.05) is 34.1 Å². The molecule has 1 fully saturated rings. The maximum absolute atomic E-state index is 6.19. The molecule has 1 saturated heterocycles. The highest BCUT2D eigenvalue weighted by molar-refractivity contribution is 4.94. The van der Waals surface area contributed by atoms with Crippen molar-refractivity contribution in [3.05, 3.63) is 0 Å². The van der Waals surface area contributed by atoms with Crippen molar-refractivity contribution in [2.75, 3.05) is 39.3 Å². The molecule has 0 aromatic heterocycles. The molecule has 0 aliphatic carbocycles. The Labute approximate surface area is 120 Å². The molecule has 2 unspecified atom stereocenters. The van der Waals surface area contributed by atoms with Gasteiger partial charge in [0.2, 0.25) is 0 Å². The van der Waals surface area contributed by atoms with Gasteiger partial charge in [0, 0.05) is 38.3 Å². The molecule has 1 aliphatic heterocycles. The zero-order valence-corrected chi connectivity index (χ0v) is 13.6. The van der Waals surface area contributed by atoms with Gasteiger partial charge in [-0.2, -0.15) is 0 Å². The first-order valence-electron chi connectivity index (χ1n) is 8.29. The van der Waals surface area contributed by atoms with Gasteiger partial charge in [-0.25, -0.2) is 0 Å². The van der Waals surface area contributed by atoms with Crippen LogP contribution in [0.1, 0.15) is 53.4 Å². The smallest absolute Gasteiger partial charge is 0.0332 e. The molecule has 19 heavy (non-hydrogen) atoms. The summed E-state index contributed by atoms with van der Waals surface area (Å²) >= 11 is 0. The summed E-state index contributed by atoms with van der Waals surface area (Å²) in [5.74, 6) is 0.775. The second-order valence-corrected chi connectivity index (χ2v) is 6.33. The second-order valence-electron chi connectivity index (χ2n) is 6.33. The van der Waals surface area contributed by atoms with E-state index in [-0.39, 0.29) is 5.54 Å². The summed E-state index contributed by atoms with van der Waals surface area (Å²) in [5.41, 5.74) is 6.43. The van der Waals surface area contributed by atoms with E-state index in [9.17, 15) is 0 Å². The minimum absolute atomic E-state index is 0.244. The van der Waals surface area contributed by atoms with Crippen molar-refractivity contribution < 1.29 is 0 Å². The van der Waals surface area contributed by atoms with Crippen LogP contribution in [0.3, 0.4) is 0 Å². The molecule has 0 aromatic rings.